The van der Waals surface area contributed by atoms with Gasteiger partial charge in [-0.15, -0.1) is 0 Å². The van der Waals surface area contributed by atoms with Crippen LogP contribution in [-0.2, 0) is 0 Å². The molecule has 0 heterocycles. The molecular weight excluding hydrogens is 284 g/mol. The van der Waals surface area contributed by atoms with Gasteiger partial charge in [-0.3, -0.25) is 4.79 Å². The maximum absolute atomic E-state index is 12.2. The van der Waals surface area contributed by atoms with Crippen LogP contribution in [0.15, 0.2) is 42.5 Å². The van der Waals surface area contributed by atoms with Gasteiger partial charge in [-0.05, 0) is 48.9 Å². The molecule has 2 aromatic carbocycles. The fraction of sp³-hybridized carbons (Fsp3) is 0.118. The number of anilines is 1. The molecule has 21 heavy (non-hydrogen) atoms. The van der Waals surface area contributed by atoms with Crippen LogP contribution in [0, 0.1) is 18.8 Å². The molecule has 0 aliphatic heterocycles. The maximum atomic E-state index is 12.2. The summed E-state index contributed by atoms with van der Waals surface area (Å²) < 4.78 is 0. The lowest BCUT2D eigenvalue weighted by Crippen LogP contribution is -2.13. The van der Waals surface area contributed by atoms with E-state index in [0.29, 0.717) is 22.8 Å². The molecule has 0 saturated carbocycles. The Bertz CT molecular complexity index is 712. The SMILES string of the molecule is Cc1ccc(Cl)cc1C(=O)Nc1ccc(C#CCN)cc1. The number of halogens is 1. The molecule has 0 atom stereocenters. The highest BCUT2D eigenvalue weighted by Gasteiger charge is 2.09. The van der Waals surface area contributed by atoms with E-state index in [4.69, 9.17) is 17.3 Å². The predicted octanol–water partition coefficient (Wildman–Crippen LogP) is 3.21. The van der Waals surface area contributed by atoms with Crippen molar-refractivity contribution in [3.05, 3.63) is 64.2 Å². The third-order valence-electron chi connectivity index (χ3n) is 2.92. The van der Waals surface area contributed by atoms with Gasteiger partial charge in [0.15, 0.2) is 0 Å². The average Bonchev–Trinajstić information content (AvgIpc) is 2.49. The molecule has 0 unspecified atom stereocenters. The summed E-state index contributed by atoms with van der Waals surface area (Å²) in [5.41, 5.74) is 8.33. The number of hydrogen-bond acceptors (Lipinski definition) is 2. The lowest BCUT2D eigenvalue weighted by atomic mass is 10.1. The van der Waals surface area contributed by atoms with E-state index in [9.17, 15) is 4.79 Å². The molecule has 0 radical (unpaired) electrons. The summed E-state index contributed by atoms with van der Waals surface area (Å²) in [6.07, 6.45) is 0. The minimum Gasteiger partial charge on any atom is -0.322 e. The van der Waals surface area contributed by atoms with Gasteiger partial charge in [0.1, 0.15) is 0 Å². The average molecular weight is 299 g/mol. The van der Waals surface area contributed by atoms with E-state index in [1.54, 1.807) is 24.3 Å². The normalized spacial score (nSPS) is 9.67. The van der Waals surface area contributed by atoms with Gasteiger partial charge < -0.3 is 11.1 Å². The molecule has 106 valence electrons. The number of nitrogens with one attached hydrogen (secondary N) is 1. The molecule has 0 spiro atoms. The second kappa shape index (κ2) is 6.94. The van der Waals surface area contributed by atoms with Crippen molar-refractivity contribution in [2.24, 2.45) is 5.73 Å². The van der Waals surface area contributed by atoms with Gasteiger partial charge in [0, 0.05) is 21.8 Å². The van der Waals surface area contributed by atoms with Crippen LogP contribution >= 0.6 is 11.6 Å². The van der Waals surface area contributed by atoms with E-state index in [2.05, 4.69) is 17.2 Å². The van der Waals surface area contributed by atoms with E-state index in [1.165, 1.54) is 0 Å². The van der Waals surface area contributed by atoms with Crippen LogP contribution < -0.4 is 11.1 Å². The Kier molecular flexibility index (Phi) is 4.99. The van der Waals surface area contributed by atoms with Gasteiger partial charge >= 0.3 is 0 Å². The zero-order chi connectivity index (χ0) is 15.2. The van der Waals surface area contributed by atoms with Crippen molar-refractivity contribution in [2.75, 3.05) is 11.9 Å². The standard InChI is InChI=1S/C17H15ClN2O/c1-12-4-7-14(18)11-16(12)17(21)20-15-8-5-13(6-9-15)3-2-10-19/h4-9,11H,10,19H2,1H3,(H,20,21). The monoisotopic (exact) mass is 298 g/mol. The summed E-state index contributed by atoms with van der Waals surface area (Å²) in [4.78, 5) is 12.2. The number of carbonyl (C=O) groups is 1. The Hall–Kier alpha value is -2.28. The first-order valence-electron chi connectivity index (χ1n) is 6.46. The first-order chi connectivity index (χ1) is 10.1. The Morgan fingerprint density at radius 1 is 1.24 bits per heavy atom. The highest BCUT2D eigenvalue weighted by molar-refractivity contribution is 6.31. The molecule has 0 aromatic heterocycles. The first-order valence-corrected chi connectivity index (χ1v) is 6.84. The molecule has 3 nitrogen and oxygen atoms in total. The molecule has 2 rings (SSSR count). The van der Waals surface area contributed by atoms with E-state index >= 15 is 0 Å². The highest BCUT2D eigenvalue weighted by atomic mass is 35.5. The zero-order valence-corrected chi connectivity index (χ0v) is 12.4. The number of rotatable bonds is 2. The highest BCUT2D eigenvalue weighted by Crippen LogP contribution is 2.17. The lowest BCUT2D eigenvalue weighted by Gasteiger charge is -2.08. The van der Waals surface area contributed by atoms with Crippen LogP contribution in [0.3, 0.4) is 0 Å². The van der Waals surface area contributed by atoms with Crippen molar-refractivity contribution in [1.82, 2.24) is 0 Å². The predicted molar refractivity (Wildman–Crippen MR) is 86.5 cm³/mol. The minimum atomic E-state index is -0.184. The van der Waals surface area contributed by atoms with Gasteiger partial charge in [0.25, 0.3) is 5.91 Å². The lowest BCUT2D eigenvalue weighted by molar-refractivity contribution is 0.102. The van der Waals surface area contributed by atoms with Crippen molar-refractivity contribution >= 4 is 23.2 Å². The number of benzene rings is 2. The Labute approximate surface area is 129 Å². The Balaban J connectivity index is 2.14. The van der Waals surface area contributed by atoms with Crippen molar-refractivity contribution < 1.29 is 4.79 Å². The van der Waals surface area contributed by atoms with Crippen LogP contribution in [0.2, 0.25) is 5.02 Å². The maximum Gasteiger partial charge on any atom is 0.255 e. The molecule has 0 bridgehead atoms. The van der Waals surface area contributed by atoms with Gasteiger partial charge in [-0.1, -0.05) is 29.5 Å². The van der Waals surface area contributed by atoms with Gasteiger partial charge in [-0.2, -0.15) is 0 Å². The third kappa shape index (κ3) is 4.09. The van der Waals surface area contributed by atoms with Crippen molar-refractivity contribution in [3.8, 4) is 11.8 Å². The molecule has 4 heteroatoms. The van der Waals surface area contributed by atoms with E-state index in [1.807, 2.05) is 25.1 Å². The fourth-order valence-corrected chi connectivity index (χ4v) is 2.00. The van der Waals surface area contributed by atoms with E-state index < -0.39 is 0 Å². The quantitative estimate of drug-likeness (QED) is 0.837. The molecule has 3 N–H and O–H groups in total. The second-order valence-electron chi connectivity index (χ2n) is 4.50. The minimum absolute atomic E-state index is 0.184. The largest absolute Gasteiger partial charge is 0.322 e. The van der Waals surface area contributed by atoms with Crippen LogP contribution in [0.5, 0.6) is 0 Å². The molecule has 1 amide bonds. The van der Waals surface area contributed by atoms with Crippen LogP contribution in [0.25, 0.3) is 0 Å². The smallest absolute Gasteiger partial charge is 0.255 e. The number of carbonyl (C=O) groups excluding carboxylic acids is 1. The van der Waals surface area contributed by atoms with Crippen LogP contribution in [-0.4, -0.2) is 12.5 Å². The van der Waals surface area contributed by atoms with E-state index in [0.717, 1.165) is 11.1 Å². The van der Waals surface area contributed by atoms with Crippen LogP contribution in [0.1, 0.15) is 21.5 Å². The topological polar surface area (TPSA) is 55.1 Å². The number of aryl methyl sites for hydroxylation is 1. The molecule has 0 aliphatic rings. The number of hydrogen-bond donors (Lipinski definition) is 2. The summed E-state index contributed by atoms with van der Waals surface area (Å²) >= 11 is 5.93. The number of amides is 1. The summed E-state index contributed by atoms with van der Waals surface area (Å²) in [6, 6.07) is 12.5. The van der Waals surface area contributed by atoms with Crippen molar-refractivity contribution in [3.63, 3.8) is 0 Å². The zero-order valence-electron chi connectivity index (χ0n) is 11.6. The molecule has 2 aromatic rings. The number of nitrogens with two attached hydrogens (primary N) is 1. The van der Waals surface area contributed by atoms with Crippen LogP contribution in [0.4, 0.5) is 5.69 Å². The first kappa shape index (κ1) is 15.1. The van der Waals surface area contributed by atoms with Crippen molar-refractivity contribution in [2.45, 2.75) is 6.92 Å². The van der Waals surface area contributed by atoms with Gasteiger partial charge in [0.2, 0.25) is 0 Å². The summed E-state index contributed by atoms with van der Waals surface area (Å²) in [5.74, 6) is 5.52. The fourth-order valence-electron chi connectivity index (χ4n) is 1.83. The second-order valence-corrected chi connectivity index (χ2v) is 4.93. The van der Waals surface area contributed by atoms with Gasteiger partial charge in [-0.25, -0.2) is 0 Å². The molecular formula is C17H15ClN2O. The molecule has 0 aliphatic carbocycles. The van der Waals surface area contributed by atoms with E-state index in [-0.39, 0.29) is 5.91 Å². The molecule has 0 fully saturated rings. The van der Waals surface area contributed by atoms with Crippen molar-refractivity contribution in [1.29, 1.82) is 0 Å². The van der Waals surface area contributed by atoms with Gasteiger partial charge in [0.05, 0.1) is 6.54 Å². The summed E-state index contributed by atoms with van der Waals surface area (Å²) in [7, 11) is 0. The Morgan fingerprint density at radius 3 is 2.62 bits per heavy atom. The molecule has 0 saturated heterocycles. The summed E-state index contributed by atoms with van der Waals surface area (Å²) in [5, 5.41) is 3.38. The Morgan fingerprint density at radius 2 is 1.95 bits per heavy atom. The third-order valence-corrected chi connectivity index (χ3v) is 3.16. The summed E-state index contributed by atoms with van der Waals surface area (Å²) in [6.45, 7) is 2.20.